The maximum Gasteiger partial charge on any atom is 0.244 e. The number of hydrogen-bond donors (Lipinski definition) is 1. The van der Waals surface area contributed by atoms with Gasteiger partial charge in [0.25, 0.3) is 0 Å². The third kappa shape index (κ3) is 5.41. The zero-order chi connectivity index (χ0) is 22.3. The minimum Gasteiger partial charge on any atom is -0.489 e. The fourth-order valence-electron chi connectivity index (χ4n) is 3.65. The van der Waals surface area contributed by atoms with Gasteiger partial charge in [-0.1, -0.05) is 78.4 Å². The summed E-state index contributed by atoms with van der Waals surface area (Å²) in [6.07, 6.45) is 1.94. The van der Waals surface area contributed by atoms with Gasteiger partial charge in [0.15, 0.2) is 0 Å². The molecule has 0 aromatic heterocycles. The van der Waals surface area contributed by atoms with E-state index >= 15 is 0 Å². The normalized spacial score (nSPS) is 11.1. The van der Waals surface area contributed by atoms with E-state index in [1.54, 1.807) is 6.21 Å². The summed E-state index contributed by atoms with van der Waals surface area (Å²) in [5, 5.41) is 6.50. The van der Waals surface area contributed by atoms with E-state index in [0.717, 1.165) is 33.6 Å². The molecule has 0 aliphatic heterocycles. The van der Waals surface area contributed by atoms with E-state index in [-0.39, 0.29) is 5.91 Å². The summed E-state index contributed by atoms with van der Waals surface area (Å²) in [5.41, 5.74) is 7.87. The molecule has 4 aromatic carbocycles. The van der Waals surface area contributed by atoms with Gasteiger partial charge in [-0.05, 0) is 59.0 Å². The van der Waals surface area contributed by atoms with Crippen LogP contribution in [0.1, 0.15) is 27.8 Å². The van der Waals surface area contributed by atoms with Crippen molar-refractivity contribution in [2.75, 3.05) is 0 Å². The molecule has 0 heterocycles. The maximum absolute atomic E-state index is 12.3. The lowest BCUT2D eigenvalue weighted by molar-refractivity contribution is -0.120. The number of hydrogen-bond acceptors (Lipinski definition) is 3. The number of benzene rings is 4. The molecular formula is C28H26N2O2. The molecular weight excluding hydrogens is 396 g/mol. The Balaban J connectivity index is 1.36. The van der Waals surface area contributed by atoms with Gasteiger partial charge >= 0.3 is 0 Å². The summed E-state index contributed by atoms with van der Waals surface area (Å²) in [6, 6.07) is 28.3. The predicted molar refractivity (Wildman–Crippen MR) is 130 cm³/mol. The average molecular weight is 423 g/mol. The molecule has 0 radical (unpaired) electrons. The summed E-state index contributed by atoms with van der Waals surface area (Å²) in [7, 11) is 0. The van der Waals surface area contributed by atoms with Crippen LogP contribution in [0.25, 0.3) is 10.8 Å². The first-order chi connectivity index (χ1) is 15.6. The molecule has 1 amide bonds. The van der Waals surface area contributed by atoms with Crippen molar-refractivity contribution in [3.8, 4) is 5.75 Å². The van der Waals surface area contributed by atoms with Crippen LogP contribution in [-0.4, -0.2) is 12.1 Å². The van der Waals surface area contributed by atoms with E-state index in [0.29, 0.717) is 13.0 Å². The highest BCUT2D eigenvalue weighted by Gasteiger charge is 2.06. The Morgan fingerprint density at radius 2 is 1.72 bits per heavy atom. The lowest BCUT2D eigenvalue weighted by Gasteiger charge is -2.09. The van der Waals surface area contributed by atoms with E-state index in [2.05, 4.69) is 34.8 Å². The van der Waals surface area contributed by atoms with Gasteiger partial charge in [0.05, 0.1) is 12.6 Å². The second-order valence-corrected chi connectivity index (χ2v) is 7.90. The van der Waals surface area contributed by atoms with Gasteiger partial charge in [0.1, 0.15) is 12.4 Å². The molecule has 1 N–H and O–H groups in total. The molecule has 4 heteroatoms. The molecule has 0 atom stereocenters. The van der Waals surface area contributed by atoms with Crippen LogP contribution in [0.4, 0.5) is 0 Å². The summed E-state index contributed by atoms with van der Waals surface area (Å²) in [5.74, 6) is 0.613. The van der Waals surface area contributed by atoms with Crippen molar-refractivity contribution in [3.05, 3.63) is 113 Å². The number of aryl methyl sites for hydroxylation is 2. The first-order valence-electron chi connectivity index (χ1n) is 10.7. The van der Waals surface area contributed by atoms with Crippen molar-refractivity contribution < 1.29 is 9.53 Å². The number of nitrogens with one attached hydrogen (secondary N) is 1. The van der Waals surface area contributed by atoms with Crippen molar-refractivity contribution in [1.29, 1.82) is 0 Å². The topological polar surface area (TPSA) is 50.7 Å². The summed E-state index contributed by atoms with van der Waals surface area (Å²) in [6.45, 7) is 4.51. The minimum absolute atomic E-state index is 0.140. The Morgan fingerprint density at radius 1 is 0.906 bits per heavy atom. The van der Waals surface area contributed by atoms with Crippen LogP contribution in [0.5, 0.6) is 5.75 Å². The molecule has 160 valence electrons. The van der Waals surface area contributed by atoms with Gasteiger partial charge < -0.3 is 4.74 Å². The molecule has 0 fully saturated rings. The molecule has 0 bridgehead atoms. The second-order valence-electron chi connectivity index (χ2n) is 7.90. The van der Waals surface area contributed by atoms with Crippen LogP contribution < -0.4 is 10.2 Å². The molecule has 0 aliphatic carbocycles. The Morgan fingerprint density at radius 3 is 2.62 bits per heavy atom. The first kappa shape index (κ1) is 21.3. The molecule has 4 nitrogen and oxygen atoms in total. The highest BCUT2D eigenvalue weighted by atomic mass is 16.5. The lowest BCUT2D eigenvalue weighted by atomic mass is 10.0. The number of hydrazone groups is 1. The largest absolute Gasteiger partial charge is 0.489 e. The zero-order valence-corrected chi connectivity index (χ0v) is 18.3. The maximum atomic E-state index is 12.3. The van der Waals surface area contributed by atoms with Crippen LogP contribution in [0, 0.1) is 13.8 Å². The number of carbonyl (C=O) groups excluding carboxylic acids is 1. The Bertz CT molecular complexity index is 1270. The molecule has 4 rings (SSSR count). The fraction of sp³-hybridized carbons (Fsp3) is 0.143. The highest BCUT2D eigenvalue weighted by molar-refractivity contribution is 5.86. The fourth-order valence-corrected chi connectivity index (χ4v) is 3.65. The first-order valence-corrected chi connectivity index (χ1v) is 10.7. The van der Waals surface area contributed by atoms with Gasteiger partial charge in [-0.3, -0.25) is 4.79 Å². The Labute approximate surface area is 188 Å². The van der Waals surface area contributed by atoms with Crippen molar-refractivity contribution >= 4 is 22.9 Å². The molecule has 32 heavy (non-hydrogen) atoms. The number of nitrogens with zero attached hydrogens (tertiary/aromatic N) is 1. The van der Waals surface area contributed by atoms with Gasteiger partial charge in [0, 0.05) is 0 Å². The standard InChI is InChI=1S/C28H26N2O2/c1-20-13-14-21(2)25(15-20)17-28(31)30-29-18-22-7-5-11-26(16-22)32-19-24-10-6-9-23-8-3-4-12-27(23)24/h3-16,18H,17,19H2,1-2H3,(H,30,31)/b29-18+. The van der Waals surface area contributed by atoms with E-state index in [1.807, 2.05) is 74.5 Å². The van der Waals surface area contributed by atoms with E-state index < -0.39 is 0 Å². The number of rotatable bonds is 7. The van der Waals surface area contributed by atoms with Gasteiger partial charge in [-0.2, -0.15) is 5.10 Å². The third-order valence-electron chi connectivity index (χ3n) is 5.39. The third-order valence-corrected chi connectivity index (χ3v) is 5.39. The number of ether oxygens (including phenoxy) is 1. The minimum atomic E-state index is -0.140. The summed E-state index contributed by atoms with van der Waals surface area (Å²) >= 11 is 0. The van der Waals surface area contributed by atoms with E-state index in [4.69, 9.17) is 4.74 Å². The van der Waals surface area contributed by atoms with E-state index in [1.165, 1.54) is 10.8 Å². The summed E-state index contributed by atoms with van der Waals surface area (Å²) in [4.78, 5) is 12.3. The smallest absolute Gasteiger partial charge is 0.244 e. The van der Waals surface area contributed by atoms with Crippen molar-refractivity contribution in [2.45, 2.75) is 26.9 Å². The van der Waals surface area contributed by atoms with Crippen LogP contribution in [0.15, 0.2) is 90.0 Å². The van der Waals surface area contributed by atoms with Gasteiger partial charge in [0.2, 0.25) is 5.91 Å². The number of carbonyl (C=O) groups is 1. The Hall–Kier alpha value is -3.92. The molecule has 0 saturated carbocycles. The van der Waals surface area contributed by atoms with Gasteiger partial charge in [-0.15, -0.1) is 0 Å². The number of amides is 1. The van der Waals surface area contributed by atoms with Gasteiger partial charge in [-0.25, -0.2) is 5.43 Å². The summed E-state index contributed by atoms with van der Waals surface area (Å²) < 4.78 is 6.02. The van der Waals surface area contributed by atoms with Crippen LogP contribution in [0.3, 0.4) is 0 Å². The van der Waals surface area contributed by atoms with Crippen molar-refractivity contribution in [3.63, 3.8) is 0 Å². The average Bonchev–Trinajstić information content (AvgIpc) is 2.80. The molecule has 0 aliphatic rings. The molecule has 0 unspecified atom stereocenters. The quantitative estimate of drug-likeness (QED) is 0.305. The van der Waals surface area contributed by atoms with Crippen LogP contribution in [-0.2, 0) is 17.8 Å². The highest BCUT2D eigenvalue weighted by Crippen LogP contribution is 2.21. The lowest BCUT2D eigenvalue weighted by Crippen LogP contribution is -2.20. The predicted octanol–water partition coefficient (Wildman–Crippen LogP) is 5.73. The van der Waals surface area contributed by atoms with Crippen LogP contribution in [0.2, 0.25) is 0 Å². The SMILES string of the molecule is Cc1ccc(C)c(CC(=O)N/N=C/c2cccc(OCc3cccc4ccccc34)c2)c1. The monoisotopic (exact) mass is 422 g/mol. The van der Waals surface area contributed by atoms with Crippen LogP contribution >= 0.6 is 0 Å². The molecule has 0 saturated heterocycles. The number of fused-ring (bicyclic) bond motifs is 1. The zero-order valence-electron chi connectivity index (χ0n) is 18.3. The Kier molecular flexibility index (Phi) is 6.61. The second kappa shape index (κ2) is 9.92. The van der Waals surface area contributed by atoms with Crippen molar-refractivity contribution in [2.24, 2.45) is 5.10 Å². The van der Waals surface area contributed by atoms with Crippen molar-refractivity contribution in [1.82, 2.24) is 5.43 Å². The van der Waals surface area contributed by atoms with E-state index in [9.17, 15) is 4.79 Å². The molecule has 4 aromatic rings. The molecule has 0 spiro atoms.